The molecule has 0 saturated heterocycles. The number of aliphatic hydroxyl groups is 1. The number of benzene rings is 1. The molecular formula is C12H16INO3. The van der Waals surface area contributed by atoms with Gasteiger partial charge in [0.2, 0.25) is 0 Å². The fourth-order valence-electron chi connectivity index (χ4n) is 1.24. The Morgan fingerprint density at radius 2 is 2.06 bits per heavy atom. The number of carbonyl (C=O) groups is 1. The van der Waals surface area contributed by atoms with Crippen molar-refractivity contribution in [1.82, 2.24) is 4.90 Å². The van der Waals surface area contributed by atoms with Gasteiger partial charge in [-0.15, -0.1) is 0 Å². The van der Waals surface area contributed by atoms with Crippen molar-refractivity contribution in [2.45, 2.75) is 19.4 Å². The number of aliphatic hydroxyl groups excluding tert-OH is 1. The number of amides is 1. The lowest BCUT2D eigenvalue weighted by atomic mass is 10.0. The average Bonchev–Trinajstić information content (AvgIpc) is 2.30. The molecule has 1 amide bonds. The summed E-state index contributed by atoms with van der Waals surface area (Å²) in [4.78, 5) is 13.6. The summed E-state index contributed by atoms with van der Waals surface area (Å²) in [6.45, 7) is 3.38. The van der Waals surface area contributed by atoms with Crippen LogP contribution in [0.15, 0.2) is 18.2 Å². The minimum Gasteiger partial charge on any atom is -0.507 e. The van der Waals surface area contributed by atoms with E-state index in [2.05, 4.69) is 22.6 Å². The van der Waals surface area contributed by atoms with Gasteiger partial charge in [-0.3, -0.25) is 4.79 Å². The largest absolute Gasteiger partial charge is 0.507 e. The topological polar surface area (TPSA) is 60.8 Å². The molecule has 2 N–H and O–H groups in total. The van der Waals surface area contributed by atoms with Crippen LogP contribution in [0.2, 0.25) is 0 Å². The second kappa shape index (κ2) is 5.22. The van der Waals surface area contributed by atoms with E-state index in [1.165, 1.54) is 11.0 Å². The molecule has 0 aliphatic carbocycles. The van der Waals surface area contributed by atoms with Crippen molar-refractivity contribution < 1.29 is 15.0 Å². The molecule has 0 bridgehead atoms. The van der Waals surface area contributed by atoms with E-state index >= 15 is 0 Å². The Balaban J connectivity index is 3.08. The molecule has 1 aromatic carbocycles. The van der Waals surface area contributed by atoms with Crippen LogP contribution in [0.25, 0.3) is 0 Å². The number of halogens is 1. The number of hydrogen-bond acceptors (Lipinski definition) is 3. The highest BCUT2D eigenvalue weighted by Crippen LogP contribution is 2.23. The van der Waals surface area contributed by atoms with Crippen molar-refractivity contribution in [2.24, 2.45) is 0 Å². The molecule has 0 atom stereocenters. The van der Waals surface area contributed by atoms with Crippen molar-refractivity contribution in [3.63, 3.8) is 0 Å². The summed E-state index contributed by atoms with van der Waals surface area (Å²) in [6, 6.07) is 4.85. The monoisotopic (exact) mass is 349 g/mol. The van der Waals surface area contributed by atoms with Gasteiger partial charge in [-0.25, -0.2) is 0 Å². The second-order valence-electron chi connectivity index (χ2n) is 4.50. The molecule has 1 rings (SSSR count). The molecule has 0 radical (unpaired) electrons. The van der Waals surface area contributed by atoms with E-state index < -0.39 is 5.54 Å². The number of nitrogens with zero attached hydrogens (tertiary/aromatic N) is 1. The molecule has 4 nitrogen and oxygen atoms in total. The van der Waals surface area contributed by atoms with Crippen LogP contribution in [-0.4, -0.2) is 40.2 Å². The lowest BCUT2D eigenvalue weighted by Gasteiger charge is -2.34. The lowest BCUT2D eigenvalue weighted by molar-refractivity contribution is 0.0470. The molecule has 0 spiro atoms. The van der Waals surface area contributed by atoms with Crippen molar-refractivity contribution in [3.8, 4) is 5.75 Å². The summed E-state index contributed by atoms with van der Waals surface area (Å²) in [7, 11) is 1.61. The molecular weight excluding hydrogens is 333 g/mol. The summed E-state index contributed by atoms with van der Waals surface area (Å²) in [5, 5.41) is 18.9. The Morgan fingerprint density at radius 3 is 2.59 bits per heavy atom. The van der Waals surface area contributed by atoms with Crippen molar-refractivity contribution in [3.05, 3.63) is 27.3 Å². The van der Waals surface area contributed by atoms with E-state index in [1.807, 2.05) is 0 Å². The minimum absolute atomic E-state index is 0.0454. The third kappa shape index (κ3) is 3.10. The number of hydrogen-bond donors (Lipinski definition) is 2. The van der Waals surface area contributed by atoms with Gasteiger partial charge in [0.15, 0.2) is 0 Å². The van der Waals surface area contributed by atoms with Gasteiger partial charge in [-0.1, -0.05) is 0 Å². The third-order valence-corrected chi connectivity index (χ3v) is 3.46. The SMILES string of the molecule is CN(C(=O)c1cc(I)ccc1O)C(C)(C)CO. The predicted octanol–water partition coefficient (Wildman–Crippen LogP) is 1.84. The highest BCUT2D eigenvalue weighted by atomic mass is 127. The zero-order chi connectivity index (χ0) is 13.2. The zero-order valence-electron chi connectivity index (χ0n) is 10.1. The Bertz CT molecular complexity index is 432. The fraction of sp³-hybridized carbons (Fsp3) is 0.417. The maximum Gasteiger partial charge on any atom is 0.257 e. The first-order valence-electron chi connectivity index (χ1n) is 5.17. The van der Waals surface area contributed by atoms with Crippen LogP contribution in [0, 0.1) is 3.57 Å². The number of likely N-dealkylation sites (N-methyl/N-ethyl adjacent to an activating group) is 1. The highest BCUT2D eigenvalue weighted by Gasteiger charge is 2.28. The van der Waals surface area contributed by atoms with E-state index in [-0.39, 0.29) is 23.8 Å². The van der Waals surface area contributed by atoms with Gasteiger partial charge in [-0.05, 0) is 54.6 Å². The molecule has 0 aliphatic rings. The second-order valence-corrected chi connectivity index (χ2v) is 5.74. The van der Waals surface area contributed by atoms with Crippen molar-refractivity contribution >= 4 is 28.5 Å². The van der Waals surface area contributed by atoms with Gasteiger partial charge in [0.05, 0.1) is 17.7 Å². The maximum atomic E-state index is 12.2. The highest BCUT2D eigenvalue weighted by molar-refractivity contribution is 14.1. The van der Waals surface area contributed by atoms with E-state index in [4.69, 9.17) is 0 Å². The average molecular weight is 349 g/mol. The smallest absolute Gasteiger partial charge is 0.257 e. The Hall–Kier alpha value is -0.820. The van der Waals surface area contributed by atoms with Gasteiger partial charge in [0, 0.05) is 10.6 Å². The fourth-order valence-corrected chi connectivity index (χ4v) is 1.73. The van der Waals surface area contributed by atoms with Gasteiger partial charge in [0.1, 0.15) is 5.75 Å². The summed E-state index contributed by atoms with van der Waals surface area (Å²) < 4.78 is 0.874. The summed E-state index contributed by atoms with van der Waals surface area (Å²) in [5.74, 6) is -0.351. The standard InChI is InChI=1S/C12H16INO3/c1-12(2,7-15)14(3)11(17)9-6-8(13)4-5-10(9)16/h4-6,15-16H,7H2,1-3H3. The zero-order valence-corrected chi connectivity index (χ0v) is 12.2. The van der Waals surface area contributed by atoms with Gasteiger partial charge >= 0.3 is 0 Å². The molecule has 94 valence electrons. The molecule has 1 aromatic rings. The molecule has 0 saturated carbocycles. The third-order valence-electron chi connectivity index (χ3n) is 2.79. The lowest BCUT2D eigenvalue weighted by Crippen LogP contribution is -2.47. The van der Waals surface area contributed by atoms with E-state index in [1.54, 1.807) is 33.0 Å². The number of aromatic hydroxyl groups is 1. The Morgan fingerprint density at radius 1 is 1.47 bits per heavy atom. The summed E-state index contributed by atoms with van der Waals surface area (Å²) in [6.07, 6.45) is 0. The minimum atomic E-state index is -0.662. The van der Waals surface area contributed by atoms with Crippen LogP contribution in [0.4, 0.5) is 0 Å². The van der Waals surface area contributed by atoms with Crippen molar-refractivity contribution in [2.75, 3.05) is 13.7 Å². The number of phenolic OH excluding ortho intramolecular Hbond substituents is 1. The Kier molecular flexibility index (Phi) is 4.37. The normalized spacial score (nSPS) is 11.4. The first-order valence-corrected chi connectivity index (χ1v) is 6.25. The molecule has 0 aliphatic heterocycles. The quantitative estimate of drug-likeness (QED) is 0.819. The molecule has 0 aromatic heterocycles. The van der Waals surface area contributed by atoms with Crippen LogP contribution in [0.1, 0.15) is 24.2 Å². The number of rotatable bonds is 3. The van der Waals surface area contributed by atoms with E-state index in [0.717, 1.165) is 3.57 Å². The molecule has 17 heavy (non-hydrogen) atoms. The van der Waals surface area contributed by atoms with Crippen LogP contribution in [-0.2, 0) is 0 Å². The first kappa shape index (κ1) is 14.2. The molecule has 5 heteroatoms. The maximum absolute atomic E-state index is 12.2. The van der Waals surface area contributed by atoms with Gasteiger partial charge < -0.3 is 15.1 Å². The molecule has 0 unspecified atom stereocenters. The summed E-state index contributed by atoms with van der Waals surface area (Å²) >= 11 is 2.08. The van der Waals surface area contributed by atoms with Crippen LogP contribution < -0.4 is 0 Å². The number of phenols is 1. The van der Waals surface area contributed by atoms with E-state index in [0.29, 0.717) is 0 Å². The summed E-state index contributed by atoms with van der Waals surface area (Å²) in [5.41, 5.74) is -0.411. The number of carbonyl (C=O) groups excluding carboxylic acids is 1. The molecule has 0 fully saturated rings. The Labute approximate surface area is 114 Å². The van der Waals surface area contributed by atoms with Crippen LogP contribution >= 0.6 is 22.6 Å². The first-order chi connectivity index (χ1) is 7.79. The van der Waals surface area contributed by atoms with Crippen LogP contribution in [0.3, 0.4) is 0 Å². The predicted molar refractivity (Wildman–Crippen MR) is 74.1 cm³/mol. The molecule has 0 heterocycles. The van der Waals surface area contributed by atoms with Crippen molar-refractivity contribution in [1.29, 1.82) is 0 Å². The van der Waals surface area contributed by atoms with Gasteiger partial charge in [0.25, 0.3) is 5.91 Å². The van der Waals surface area contributed by atoms with E-state index in [9.17, 15) is 15.0 Å². The van der Waals surface area contributed by atoms with Crippen LogP contribution in [0.5, 0.6) is 5.75 Å². The van der Waals surface area contributed by atoms with Gasteiger partial charge in [-0.2, -0.15) is 0 Å².